The highest BCUT2D eigenvalue weighted by Crippen LogP contribution is 2.09. The highest BCUT2D eigenvalue weighted by Gasteiger charge is 2.01. The van der Waals surface area contributed by atoms with Crippen LogP contribution < -0.4 is 0 Å². The fourth-order valence-electron chi connectivity index (χ4n) is 1.46. The third-order valence-corrected chi connectivity index (χ3v) is 2.30. The van der Waals surface area contributed by atoms with Gasteiger partial charge >= 0.3 is 0 Å². The summed E-state index contributed by atoms with van der Waals surface area (Å²) in [6.07, 6.45) is 7.29. The first-order valence-electron chi connectivity index (χ1n) is 5.42. The first kappa shape index (κ1) is 11.2. The number of aryl methyl sites for hydroxylation is 1. The second-order valence-corrected chi connectivity index (χ2v) is 3.61. The van der Waals surface area contributed by atoms with Crippen molar-refractivity contribution in [1.29, 1.82) is 0 Å². The second kappa shape index (κ2) is 6.60. The molecule has 14 heavy (non-hydrogen) atoms. The van der Waals surface area contributed by atoms with Crippen LogP contribution >= 0.6 is 0 Å². The van der Waals surface area contributed by atoms with Crippen LogP contribution in [0.5, 0.6) is 0 Å². The van der Waals surface area contributed by atoms with Gasteiger partial charge < -0.3 is 9.63 Å². The molecule has 3 heteroatoms. The van der Waals surface area contributed by atoms with E-state index >= 15 is 0 Å². The van der Waals surface area contributed by atoms with Gasteiger partial charge in [0.15, 0.2) is 5.76 Å². The molecule has 0 aliphatic carbocycles. The van der Waals surface area contributed by atoms with Gasteiger partial charge in [0.05, 0.1) is 5.69 Å². The molecule has 1 rings (SSSR count). The Morgan fingerprint density at radius 1 is 1.29 bits per heavy atom. The number of hydrogen-bond acceptors (Lipinski definition) is 3. The monoisotopic (exact) mass is 197 g/mol. The molecule has 1 heterocycles. The van der Waals surface area contributed by atoms with Crippen molar-refractivity contribution < 1.29 is 9.63 Å². The third-order valence-electron chi connectivity index (χ3n) is 2.30. The van der Waals surface area contributed by atoms with E-state index < -0.39 is 0 Å². The van der Waals surface area contributed by atoms with Crippen molar-refractivity contribution in [2.24, 2.45) is 0 Å². The van der Waals surface area contributed by atoms with E-state index in [1.54, 1.807) is 0 Å². The maximum atomic E-state index is 8.76. The predicted octanol–water partition coefficient (Wildman–Crippen LogP) is 2.68. The van der Waals surface area contributed by atoms with Crippen molar-refractivity contribution in [3.63, 3.8) is 0 Å². The van der Waals surface area contributed by atoms with Gasteiger partial charge in [-0.3, -0.25) is 0 Å². The molecule has 0 saturated carbocycles. The molecule has 0 aromatic carbocycles. The van der Waals surface area contributed by atoms with Crippen molar-refractivity contribution in [1.82, 2.24) is 5.16 Å². The largest absolute Gasteiger partial charge is 0.388 e. The predicted molar refractivity (Wildman–Crippen MR) is 54.9 cm³/mol. The van der Waals surface area contributed by atoms with Crippen LogP contribution in [0.4, 0.5) is 0 Å². The number of aromatic nitrogens is 1. The molecule has 0 spiro atoms. The molecular weight excluding hydrogens is 178 g/mol. The zero-order valence-electron chi connectivity index (χ0n) is 8.83. The Morgan fingerprint density at radius 2 is 2.07 bits per heavy atom. The Morgan fingerprint density at radius 3 is 2.71 bits per heavy atom. The van der Waals surface area contributed by atoms with Crippen LogP contribution in [0, 0.1) is 0 Å². The van der Waals surface area contributed by atoms with Crippen molar-refractivity contribution >= 4 is 0 Å². The van der Waals surface area contributed by atoms with Gasteiger partial charge in [-0.15, -0.1) is 0 Å². The van der Waals surface area contributed by atoms with Crippen molar-refractivity contribution in [3.05, 3.63) is 17.5 Å². The summed E-state index contributed by atoms with van der Waals surface area (Å²) in [6, 6.07) is 1.83. The Balaban J connectivity index is 2.12. The van der Waals surface area contributed by atoms with Gasteiger partial charge in [0, 0.05) is 6.07 Å². The number of hydrogen-bond donors (Lipinski definition) is 1. The Kier molecular flexibility index (Phi) is 5.30. The third kappa shape index (κ3) is 3.92. The Hall–Kier alpha value is -0.830. The molecule has 80 valence electrons. The average molecular weight is 197 g/mol. The van der Waals surface area contributed by atoms with E-state index in [0.717, 1.165) is 18.5 Å². The van der Waals surface area contributed by atoms with Crippen molar-refractivity contribution in [2.75, 3.05) is 0 Å². The van der Waals surface area contributed by atoms with Gasteiger partial charge in [0.2, 0.25) is 0 Å². The zero-order chi connectivity index (χ0) is 10.2. The Labute approximate surface area is 85.1 Å². The lowest BCUT2D eigenvalue weighted by Gasteiger charge is -1.96. The van der Waals surface area contributed by atoms with Crippen LogP contribution in [0.3, 0.4) is 0 Å². The van der Waals surface area contributed by atoms with E-state index in [1.807, 2.05) is 6.07 Å². The van der Waals surface area contributed by atoms with E-state index in [0.29, 0.717) is 5.76 Å². The zero-order valence-corrected chi connectivity index (χ0v) is 8.83. The summed E-state index contributed by atoms with van der Waals surface area (Å²) in [6.45, 7) is 2.16. The maximum Gasteiger partial charge on any atom is 0.162 e. The molecule has 0 radical (unpaired) electrons. The molecule has 0 fully saturated rings. The summed E-state index contributed by atoms with van der Waals surface area (Å²) < 4.78 is 4.89. The summed E-state index contributed by atoms with van der Waals surface area (Å²) in [4.78, 5) is 0. The lowest BCUT2D eigenvalue weighted by Crippen LogP contribution is -1.85. The van der Waals surface area contributed by atoms with Crippen LogP contribution in [0.2, 0.25) is 0 Å². The number of aliphatic hydroxyl groups excluding tert-OH is 1. The van der Waals surface area contributed by atoms with Crippen LogP contribution in [-0.4, -0.2) is 10.3 Å². The summed E-state index contributed by atoms with van der Waals surface area (Å²) in [7, 11) is 0. The Bertz CT molecular complexity index is 245. The standard InChI is InChI=1S/C11H19NO2/c1-2-3-4-5-6-7-10-8-11(9-13)14-12-10/h8,13H,2-7,9H2,1H3. The SMILES string of the molecule is CCCCCCCc1cc(CO)on1. The van der Waals surface area contributed by atoms with E-state index in [4.69, 9.17) is 9.63 Å². The van der Waals surface area contributed by atoms with Gasteiger partial charge in [-0.2, -0.15) is 0 Å². The first-order chi connectivity index (χ1) is 6.86. The van der Waals surface area contributed by atoms with E-state index in [1.165, 1.54) is 25.7 Å². The number of unbranched alkanes of at least 4 members (excludes halogenated alkanes) is 4. The fourth-order valence-corrected chi connectivity index (χ4v) is 1.46. The molecule has 0 saturated heterocycles. The summed E-state index contributed by atoms with van der Waals surface area (Å²) in [5, 5.41) is 12.6. The molecule has 1 aromatic heterocycles. The molecule has 0 atom stereocenters. The van der Waals surface area contributed by atoms with E-state index in [9.17, 15) is 0 Å². The van der Waals surface area contributed by atoms with Crippen LogP contribution in [0.15, 0.2) is 10.6 Å². The second-order valence-electron chi connectivity index (χ2n) is 3.61. The molecule has 0 aliphatic rings. The maximum absolute atomic E-state index is 8.76. The summed E-state index contributed by atoms with van der Waals surface area (Å²) >= 11 is 0. The van der Waals surface area contributed by atoms with Gasteiger partial charge in [-0.05, 0) is 12.8 Å². The van der Waals surface area contributed by atoms with E-state index in [-0.39, 0.29) is 6.61 Å². The summed E-state index contributed by atoms with van der Waals surface area (Å²) in [5.74, 6) is 0.563. The highest BCUT2D eigenvalue weighted by atomic mass is 16.5. The molecule has 0 bridgehead atoms. The quantitative estimate of drug-likeness (QED) is 0.683. The molecule has 1 aromatic rings. The summed E-state index contributed by atoms with van der Waals surface area (Å²) in [5.41, 5.74) is 0.963. The molecular formula is C11H19NO2. The minimum absolute atomic E-state index is 0.0527. The highest BCUT2D eigenvalue weighted by molar-refractivity contribution is 5.04. The van der Waals surface area contributed by atoms with Crippen molar-refractivity contribution in [3.8, 4) is 0 Å². The van der Waals surface area contributed by atoms with E-state index in [2.05, 4.69) is 12.1 Å². The van der Waals surface area contributed by atoms with Crippen LogP contribution in [0.1, 0.15) is 50.5 Å². The molecule has 0 unspecified atom stereocenters. The van der Waals surface area contributed by atoms with Gasteiger partial charge in [-0.1, -0.05) is 37.8 Å². The first-order valence-corrected chi connectivity index (χ1v) is 5.42. The van der Waals surface area contributed by atoms with Gasteiger partial charge in [-0.25, -0.2) is 0 Å². The minimum atomic E-state index is -0.0527. The van der Waals surface area contributed by atoms with Crippen LogP contribution in [-0.2, 0) is 13.0 Å². The van der Waals surface area contributed by atoms with Crippen LogP contribution in [0.25, 0.3) is 0 Å². The molecule has 1 N–H and O–H groups in total. The normalized spacial score (nSPS) is 10.7. The molecule has 0 amide bonds. The van der Waals surface area contributed by atoms with Gasteiger partial charge in [0.25, 0.3) is 0 Å². The number of aliphatic hydroxyl groups is 1. The number of nitrogens with zero attached hydrogens (tertiary/aromatic N) is 1. The molecule has 0 aliphatic heterocycles. The fraction of sp³-hybridized carbons (Fsp3) is 0.727. The topological polar surface area (TPSA) is 46.3 Å². The van der Waals surface area contributed by atoms with Crippen molar-refractivity contribution in [2.45, 2.75) is 52.1 Å². The lowest BCUT2D eigenvalue weighted by molar-refractivity contribution is 0.228. The number of rotatable bonds is 7. The lowest BCUT2D eigenvalue weighted by atomic mass is 10.1. The van der Waals surface area contributed by atoms with Gasteiger partial charge in [0.1, 0.15) is 6.61 Å². The average Bonchev–Trinajstić information content (AvgIpc) is 2.65. The smallest absolute Gasteiger partial charge is 0.162 e. The molecule has 3 nitrogen and oxygen atoms in total. The minimum Gasteiger partial charge on any atom is -0.388 e.